The number of hydrogen-bond donors (Lipinski definition) is 1. The molecule has 0 aliphatic carbocycles. The van der Waals surface area contributed by atoms with Crippen molar-refractivity contribution < 1.29 is 9.53 Å². The zero-order valence-electron chi connectivity index (χ0n) is 18.4. The molecule has 4 rings (SSSR count). The normalized spacial score (nSPS) is 13.9. The summed E-state index contributed by atoms with van der Waals surface area (Å²) in [5, 5.41) is 12.6. The van der Waals surface area contributed by atoms with Crippen LogP contribution in [0.5, 0.6) is 5.75 Å². The first-order valence-corrected chi connectivity index (χ1v) is 11.9. The lowest BCUT2D eigenvalue weighted by Crippen LogP contribution is -2.25. The molecule has 3 aromatic rings. The number of aromatic nitrogens is 3. The molecule has 0 unspecified atom stereocenters. The van der Waals surface area contributed by atoms with Crippen molar-refractivity contribution in [2.45, 2.75) is 37.6 Å². The molecule has 1 aliphatic rings. The first-order chi connectivity index (χ1) is 15.7. The fourth-order valence-electron chi connectivity index (χ4n) is 3.83. The number of amides is 1. The van der Waals surface area contributed by atoms with E-state index in [1.165, 1.54) is 30.2 Å². The highest BCUT2D eigenvalue weighted by molar-refractivity contribution is 7.99. The Bertz CT molecular complexity index is 1020. The lowest BCUT2D eigenvalue weighted by molar-refractivity contribution is -0.118. The minimum Gasteiger partial charge on any atom is -0.496 e. The van der Waals surface area contributed by atoms with E-state index in [-0.39, 0.29) is 11.7 Å². The van der Waals surface area contributed by atoms with Gasteiger partial charge in [-0.15, -0.1) is 10.2 Å². The van der Waals surface area contributed by atoms with Gasteiger partial charge in [0.1, 0.15) is 11.6 Å². The number of nitrogens with zero attached hydrogens (tertiary/aromatic N) is 4. The van der Waals surface area contributed by atoms with Crippen molar-refractivity contribution in [2.75, 3.05) is 26.0 Å². The maximum absolute atomic E-state index is 12.5. The lowest BCUT2D eigenvalue weighted by atomic mass is 10.2. The largest absolute Gasteiger partial charge is 0.496 e. The molecule has 2 aromatic carbocycles. The van der Waals surface area contributed by atoms with Crippen LogP contribution >= 0.6 is 11.8 Å². The molecule has 2 heterocycles. The van der Waals surface area contributed by atoms with Crippen LogP contribution in [0.4, 0.5) is 0 Å². The summed E-state index contributed by atoms with van der Waals surface area (Å²) in [6.07, 6.45) is 2.47. The third kappa shape index (κ3) is 5.89. The zero-order valence-corrected chi connectivity index (χ0v) is 19.2. The Morgan fingerprint density at radius 3 is 2.56 bits per heavy atom. The average Bonchev–Trinajstić information content (AvgIpc) is 3.48. The number of rotatable bonds is 10. The van der Waals surface area contributed by atoms with Crippen molar-refractivity contribution in [3.63, 3.8) is 0 Å². The molecule has 1 saturated heterocycles. The summed E-state index contributed by atoms with van der Waals surface area (Å²) in [6.45, 7) is 4.13. The Kier molecular flexibility index (Phi) is 7.79. The first-order valence-electron chi connectivity index (χ1n) is 10.9. The highest BCUT2D eigenvalue weighted by Gasteiger charge is 2.19. The molecule has 0 saturated carbocycles. The van der Waals surface area contributed by atoms with Crippen molar-refractivity contribution in [1.29, 1.82) is 0 Å². The smallest absolute Gasteiger partial charge is 0.230 e. The number of likely N-dealkylation sites (tertiary alicyclic amines) is 1. The second-order valence-electron chi connectivity index (χ2n) is 7.83. The summed E-state index contributed by atoms with van der Waals surface area (Å²) in [5.41, 5.74) is 2.14. The predicted octanol–water partition coefficient (Wildman–Crippen LogP) is 3.34. The summed E-state index contributed by atoms with van der Waals surface area (Å²) < 4.78 is 7.50. The molecule has 0 atom stereocenters. The Hall–Kier alpha value is -2.84. The molecule has 8 heteroatoms. The van der Waals surface area contributed by atoms with Crippen LogP contribution in [-0.4, -0.2) is 51.5 Å². The Labute approximate surface area is 193 Å². The third-order valence-electron chi connectivity index (χ3n) is 5.54. The molecule has 1 amide bonds. The number of para-hydroxylation sites is 1. The van der Waals surface area contributed by atoms with Gasteiger partial charge in [-0.2, -0.15) is 0 Å². The SMILES string of the molecule is COc1ccccc1CNC(=O)CSc1nnc(CN2CCCC2)n1Cc1ccccc1. The molecule has 1 aromatic heterocycles. The van der Waals surface area contributed by atoms with Gasteiger partial charge in [0.2, 0.25) is 5.91 Å². The van der Waals surface area contributed by atoms with E-state index in [1.54, 1.807) is 7.11 Å². The fourth-order valence-corrected chi connectivity index (χ4v) is 4.62. The summed E-state index contributed by atoms with van der Waals surface area (Å²) >= 11 is 1.43. The maximum atomic E-state index is 12.5. The van der Waals surface area contributed by atoms with Gasteiger partial charge in [0.15, 0.2) is 5.16 Å². The topological polar surface area (TPSA) is 72.3 Å². The van der Waals surface area contributed by atoms with E-state index in [2.05, 4.69) is 37.1 Å². The molecule has 1 N–H and O–H groups in total. The molecule has 32 heavy (non-hydrogen) atoms. The van der Waals surface area contributed by atoms with Gasteiger partial charge < -0.3 is 14.6 Å². The van der Waals surface area contributed by atoms with Crippen LogP contribution in [0.15, 0.2) is 59.8 Å². The lowest BCUT2D eigenvalue weighted by Gasteiger charge is -2.16. The van der Waals surface area contributed by atoms with E-state index in [1.807, 2.05) is 42.5 Å². The quantitative estimate of drug-likeness (QED) is 0.477. The minimum atomic E-state index is -0.0451. The number of nitrogens with one attached hydrogen (secondary N) is 1. The molecular formula is C24H29N5O2S. The van der Waals surface area contributed by atoms with E-state index in [4.69, 9.17) is 4.74 Å². The summed E-state index contributed by atoms with van der Waals surface area (Å²) in [7, 11) is 1.63. The number of ether oxygens (including phenoxy) is 1. The van der Waals surface area contributed by atoms with Crippen molar-refractivity contribution >= 4 is 17.7 Å². The summed E-state index contributed by atoms with van der Waals surface area (Å²) in [6, 6.07) is 18.0. The maximum Gasteiger partial charge on any atom is 0.230 e. The second-order valence-corrected chi connectivity index (χ2v) is 8.77. The number of methoxy groups -OCH3 is 1. The van der Waals surface area contributed by atoms with Gasteiger partial charge in [-0.05, 0) is 37.6 Å². The first kappa shape index (κ1) is 22.4. The molecule has 0 spiro atoms. The van der Waals surface area contributed by atoms with E-state index in [0.717, 1.165) is 41.9 Å². The van der Waals surface area contributed by atoms with Gasteiger partial charge in [0, 0.05) is 12.1 Å². The van der Waals surface area contributed by atoms with Gasteiger partial charge in [-0.25, -0.2) is 0 Å². The van der Waals surface area contributed by atoms with Crippen LogP contribution in [0.25, 0.3) is 0 Å². The number of carbonyl (C=O) groups is 1. The van der Waals surface area contributed by atoms with Gasteiger partial charge >= 0.3 is 0 Å². The number of thioether (sulfide) groups is 1. The van der Waals surface area contributed by atoms with Crippen LogP contribution in [0.3, 0.4) is 0 Å². The molecule has 0 radical (unpaired) electrons. The molecule has 168 valence electrons. The van der Waals surface area contributed by atoms with Crippen molar-refractivity contribution in [1.82, 2.24) is 25.0 Å². The zero-order chi connectivity index (χ0) is 22.2. The predicted molar refractivity (Wildman–Crippen MR) is 126 cm³/mol. The van der Waals surface area contributed by atoms with Crippen LogP contribution in [0.1, 0.15) is 29.8 Å². The van der Waals surface area contributed by atoms with E-state index >= 15 is 0 Å². The van der Waals surface area contributed by atoms with Crippen LogP contribution in [0.2, 0.25) is 0 Å². The van der Waals surface area contributed by atoms with Gasteiger partial charge in [-0.3, -0.25) is 9.69 Å². The highest BCUT2D eigenvalue weighted by Crippen LogP contribution is 2.21. The van der Waals surface area contributed by atoms with Crippen molar-refractivity contribution in [2.24, 2.45) is 0 Å². The average molecular weight is 452 g/mol. The Balaban J connectivity index is 1.40. The minimum absolute atomic E-state index is 0.0451. The van der Waals surface area contributed by atoms with E-state index in [0.29, 0.717) is 13.1 Å². The fraction of sp³-hybridized carbons (Fsp3) is 0.375. The van der Waals surface area contributed by atoms with Gasteiger partial charge in [0.05, 0.1) is 26.0 Å². The molecule has 1 aliphatic heterocycles. The van der Waals surface area contributed by atoms with Gasteiger partial charge in [-0.1, -0.05) is 60.3 Å². The highest BCUT2D eigenvalue weighted by atomic mass is 32.2. The van der Waals surface area contributed by atoms with Crippen LogP contribution < -0.4 is 10.1 Å². The standard InChI is InChI=1S/C24H29N5O2S/c1-31-21-12-6-5-11-20(21)15-25-23(30)18-32-24-27-26-22(17-28-13-7-8-14-28)29(24)16-19-9-3-2-4-10-19/h2-6,9-12H,7-8,13-18H2,1H3,(H,25,30). The Morgan fingerprint density at radius 2 is 1.78 bits per heavy atom. The van der Waals surface area contributed by atoms with Crippen LogP contribution in [-0.2, 0) is 24.4 Å². The third-order valence-corrected chi connectivity index (χ3v) is 6.51. The van der Waals surface area contributed by atoms with E-state index in [9.17, 15) is 4.79 Å². The molecule has 1 fully saturated rings. The number of hydrogen-bond acceptors (Lipinski definition) is 6. The number of benzene rings is 2. The second kappa shape index (κ2) is 11.2. The molecule has 7 nitrogen and oxygen atoms in total. The Morgan fingerprint density at radius 1 is 1.03 bits per heavy atom. The van der Waals surface area contributed by atoms with E-state index < -0.39 is 0 Å². The number of carbonyl (C=O) groups excluding carboxylic acids is 1. The van der Waals surface area contributed by atoms with Gasteiger partial charge in [0.25, 0.3) is 0 Å². The molecular weight excluding hydrogens is 422 g/mol. The van der Waals surface area contributed by atoms with Crippen molar-refractivity contribution in [3.05, 3.63) is 71.5 Å². The van der Waals surface area contributed by atoms with Crippen molar-refractivity contribution in [3.8, 4) is 5.75 Å². The summed E-state index contributed by atoms with van der Waals surface area (Å²) in [4.78, 5) is 14.9. The monoisotopic (exact) mass is 451 g/mol. The molecule has 0 bridgehead atoms. The summed E-state index contributed by atoms with van der Waals surface area (Å²) in [5.74, 6) is 1.96. The van der Waals surface area contributed by atoms with Crippen LogP contribution in [0, 0.1) is 0 Å².